The predicted molar refractivity (Wildman–Crippen MR) is 64.8 cm³/mol. The predicted octanol–water partition coefficient (Wildman–Crippen LogP) is 2.98. The van der Waals surface area contributed by atoms with Crippen molar-refractivity contribution < 1.29 is 19.0 Å². The molecule has 0 bridgehead atoms. The van der Waals surface area contributed by atoms with Gasteiger partial charge in [-0.2, -0.15) is 0 Å². The molecule has 18 heavy (non-hydrogen) atoms. The van der Waals surface area contributed by atoms with Crippen LogP contribution in [0.1, 0.15) is 10.4 Å². The van der Waals surface area contributed by atoms with Crippen LogP contribution in [0, 0.1) is 5.82 Å². The zero-order valence-electron chi connectivity index (χ0n) is 9.68. The van der Waals surface area contributed by atoms with Crippen molar-refractivity contribution in [2.75, 3.05) is 7.11 Å². The summed E-state index contributed by atoms with van der Waals surface area (Å²) in [5.74, 6) is -1.11. The number of aromatic hydroxyl groups is 1. The normalized spacial score (nSPS) is 10.1. The van der Waals surface area contributed by atoms with Crippen LogP contribution >= 0.6 is 0 Å². The van der Waals surface area contributed by atoms with Crippen molar-refractivity contribution in [3.05, 3.63) is 53.8 Å². The van der Waals surface area contributed by atoms with Crippen molar-refractivity contribution in [3.63, 3.8) is 0 Å². The Morgan fingerprint density at radius 1 is 1.22 bits per heavy atom. The van der Waals surface area contributed by atoms with Crippen LogP contribution in [-0.4, -0.2) is 18.2 Å². The van der Waals surface area contributed by atoms with Gasteiger partial charge in [-0.15, -0.1) is 0 Å². The largest absolute Gasteiger partial charge is 0.508 e. The molecule has 0 unspecified atom stereocenters. The van der Waals surface area contributed by atoms with Crippen molar-refractivity contribution in [1.82, 2.24) is 0 Å². The van der Waals surface area contributed by atoms with Crippen LogP contribution in [-0.2, 0) is 4.74 Å². The lowest BCUT2D eigenvalue weighted by atomic mass is 10.0. The van der Waals surface area contributed by atoms with E-state index < -0.39 is 11.8 Å². The van der Waals surface area contributed by atoms with E-state index in [1.807, 2.05) is 0 Å². The van der Waals surface area contributed by atoms with E-state index >= 15 is 0 Å². The minimum Gasteiger partial charge on any atom is -0.508 e. The third-order valence-electron chi connectivity index (χ3n) is 2.52. The topological polar surface area (TPSA) is 46.5 Å². The number of phenolic OH excluding ortho intramolecular Hbond substituents is 1. The number of carbonyl (C=O) groups excluding carboxylic acids is 1. The van der Waals surface area contributed by atoms with Gasteiger partial charge >= 0.3 is 5.97 Å². The molecule has 0 aliphatic rings. The molecule has 0 spiro atoms. The van der Waals surface area contributed by atoms with Crippen LogP contribution in [0.2, 0.25) is 0 Å². The van der Waals surface area contributed by atoms with Gasteiger partial charge in [0, 0.05) is 5.56 Å². The summed E-state index contributed by atoms with van der Waals surface area (Å²) in [5.41, 5.74) is 0.919. The molecular weight excluding hydrogens is 235 g/mol. The fourth-order valence-corrected chi connectivity index (χ4v) is 1.70. The van der Waals surface area contributed by atoms with Crippen LogP contribution < -0.4 is 0 Å². The summed E-state index contributed by atoms with van der Waals surface area (Å²) < 4.78 is 18.2. The Kier molecular flexibility index (Phi) is 3.28. The average molecular weight is 246 g/mol. The number of rotatable bonds is 2. The molecule has 3 nitrogen and oxygen atoms in total. The van der Waals surface area contributed by atoms with Gasteiger partial charge in [-0.25, -0.2) is 9.18 Å². The maximum atomic E-state index is 13.6. The van der Waals surface area contributed by atoms with Gasteiger partial charge in [-0.05, 0) is 29.8 Å². The molecule has 4 heteroatoms. The van der Waals surface area contributed by atoms with E-state index in [-0.39, 0.29) is 11.3 Å². The highest BCUT2D eigenvalue weighted by molar-refractivity contribution is 5.91. The molecular formula is C14H11FO3. The van der Waals surface area contributed by atoms with E-state index in [0.717, 1.165) is 0 Å². The van der Waals surface area contributed by atoms with Crippen molar-refractivity contribution in [2.24, 2.45) is 0 Å². The molecule has 0 aliphatic heterocycles. The maximum absolute atomic E-state index is 13.6. The molecule has 0 amide bonds. The van der Waals surface area contributed by atoms with Gasteiger partial charge in [-0.3, -0.25) is 0 Å². The molecule has 0 aromatic heterocycles. The molecule has 2 rings (SSSR count). The Labute approximate surface area is 103 Å². The second-order valence-electron chi connectivity index (χ2n) is 3.74. The average Bonchev–Trinajstić information content (AvgIpc) is 2.37. The highest BCUT2D eigenvalue weighted by Gasteiger charge is 2.11. The number of methoxy groups -OCH3 is 1. The fourth-order valence-electron chi connectivity index (χ4n) is 1.70. The Balaban J connectivity index is 2.55. The summed E-state index contributed by atoms with van der Waals surface area (Å²) in [5, 5.41) is 9.56. The van der Waals surface area contributed by atoms with Crippen molar-refractivity contribution >= 4 is 5.97 Å². The van der Waals surface area contributed by atoms with Crippen LogP contribution in [0.4, 0.5) is 4.39 Å². The summed E-state index contributed by atoms with van der Waals surface area (Å²) in [6.07, 6.45) is 0. The van der Waals surface area contributed by atoms with Crippen LogP contribution in [0.5, 0.6) is 5.75 Å². The second kappa shape index (κ2) is 4.87. The zero-order chi connectivity index (χ0) is 13.1. The number of esters is 1. The lowest BCUT2D eigenvalue weighted by Gasteiger charge is -2.06. The van der Waals surface area contributed by atoms with E-state index in [1.54, 1.807) is 18.2 Å². The van der Waals surface area contributed by atoms with Crippen molar-refractivity contribution in [1.29, 1.82) is 0 Å². The summed E-state index contributed by atoms with van der Waals surface area (Å²) in [7, 11) is 1.25. The van der Waals surface area contributed by atoms with E-state index in [2.05, 4.69) is 4.74 Å². The van der Waals surface area contributed by atoms with E-state index in [1.165, 1.54) is 31.4 Å². The highest BCUT2D eigenvalue weighted by Crippen LogP contribution is 2.27. The lowest BCUT2D eigenvalue weighted by Crippen LogP contribution is -2.01. The number of phenols is 1. The quantitative estimate of drug-likeness (QED) is 0.828. The van der Waals surface area contributed by atoms with E-state index in [9.17, 15) is 14.3 Å². The minimum absolute atomic E-state index is 0.115. The highest BCUT2D eigenvalue weighted by atomic mass is 19.1. The van der Waals surface area contributed by atoms with Crippen LogP contribution in [0.3, 0.4) is 0 Å². The van der Waals surface area contributed by atoms with Gasteiger partial charge < -0.3 is 9.84 Å². The number of benzene rings is 2. The second-order valence-corrected chi connectivity index (χ2v) is 3.74. The molecule has 0 fully saturated rings. The summed E-state index contributed by atoms with van der Waals surface area (Å²) >= 11 is 0. The van der Waals surface area contributed by atoms with Crippen LogP contribution in [0.25, 0.3) is 11.1 Å². The Bertz CT molecular complexity index is 593. The van der Waals surface area contributed by atoms with E-state index in [4.69, 9.17) is 0 Å². The molecule has 0 saturated carbocycles. The van der Waals surface area contributed by atoms with Gasteiger partial charge in [0.2, 0.25) is 0 Å². The van der Waals surface area contributed by atoms with Gasteiger partial charge in [0.15, 0.2) is 0 Å². The van der Waals surface area contributed by atoms with Gasteiger partial charge in [0.05, 0.1) is 12.7 Å². The number of hydrogen-bond donors (Lipinski definition) is 1. The van der Waals surface area contributed by atoms with Crippen molar-refractivity contribution in [2.45, 2.75) is 0 Å². The fraction of sp³-hybridized carbons (Fsp3) is 0.0714. The Morgan fingerprint density at radius 2 is 1.94 bits per heavy atom. The lowest BCUT2D eigenvalue weighted by molar-refractivity contribution is 0.0600. The van der Waals surface area contributed by atoms with E-state index in [0.29, 0.717) is 11.1 Å². The monoisotopic (exact) mass is 246 g/mol. The zero-order valence-corrected chi connectivity index (χ0v) is 9.68. The maximum Gasteiger partial charge on any atom is 0.338 e. The molecule has 1 N–H and O–H groups in total. The Hall–Kier alpha value is -2.36. The molecule has 2 aromatic rings. The van der Waals surface area contributed by atoms with Gasteiger partial charge in [0.1, 0.15) is 11.6 Å². The number of halogens is 1. The first-order valence-corrected chi connectivity index (χ1v) is 5.29. The first-order chi connectivity index (χ1) is 8.61. The van der Waals surface area contributed by atoms with Crippen molar-refractivity contribution in [3.8, 4) is 16.9 Å². The SMILES string of the molecule is COC(=O)c1cc(O)cc(-c2ccccc2F)c1. The number of carbonyl (C=O) groups is 1. The van der Waals surface area contributed by atoms with Gasteiger partial charge in [-0.1, -0.05) is 18.2 Å². The third kappa shape index (κ3) is 2.32. The first kappa shape index (κ1) is 12.1. The summed E-state index contributed by atoms with van der Waals surface area (Å²) in [6, 6.07) is 10.3. The molecule has 92 valence electrons. The van der Waals surface area contributed by atoms with Gasteiger partial charge in [0.25, 0.3) is 0 Å². The number of ether oxygens (including phenoxy) is 1. The first-order valence-electron chi connectivity index (χ1n) is 5.29. The molecule has 0 heterocycles. The third-order valence-corrected chi connectivity index (χ3v) is 2.52. The molecule has 0 radical (unpaired) electrons. The minimum atomic E-state index is -0.580. The molecule has 0 aliphatic carbocycles. The molecule has 2 aromatic carbocycles. The smallest absolute Gasteiger partial charge is 0.338 e. The Morgan fingerprint density at radius 3 is 2.61 bits per heavy atom. The standard InChI is InChI=1S/C14H11FO3/c1-18-14(17)10-6-9(7-11(16)8-10)12-4-2-3-5-13(12)15/h2-8,16H,1H3. The van der Waals surface area contributed by atoms with Crippen LogP contribution in [0.15, 0.2) is 42.5 Å². The summed E-state index contributed by atoms with van der Waals surface area (Å²) in [4.78, 5) is 11.4. The number of hydrogen-bond acceptors (Lipinski definition) is 3. The molecule has 0 saturated heterocycles. The molecule has 0 atom stereocenters. The summed E-state index contributed by atoms with van der Waals surface area (Å²) in [6.45, 7) is 0.